The summed E-state index contributed by atoms with van der Waals surface area (Å²) in [5, 5.41) is 0. The van der Waals surface area contributed by atoms with Crippen LogP contribution < -0.4 is 4.74 Å². The maximum atomic E-state index is 6.20. The van der Waals surface area contributed by atoms with Gasteiger partial charge in [0.1, 0.15) is 5.75 Å². The minimum Gasteiger partial charge on any atom is -0.498 e. The minimum atomic E-state index is 0.0406. The van der Waals surface area contributed by atoms with E-state index in [4.69, 9.17) is 14.2 Å². The number of allylic oxidation sites excluding steroid dienone is 3. The first-order chi connectivity index (χ1) is 16.7. The Hall–Kier alpha value is -1.12. The normalized spacial score (nSPS) is 15.6. The quantitative estimate of drug-likeness (QED) is 0.0998. The molecule has 0 radical (unpaired) electrons. The van der Waals surface area contributed by atoms with Crippen LogP contribution in [0.5, 0.6) is 5.75 Å². The van der Waals surface area contributed by atoms with Gasteiger partial charge in [0.25, 0.3) is 0 Å². The second kappa shape index (κ2) is 19.1. The second-order valence-electron chi connectivity index (χ2n) is 7.34. The molecule has 0 spiro atoms. The molecule has 0 saturated carbocycles. The Bertz CT molecular complexity index is 803. The fourth-order valence-corrected chi connectivity index (χ4v) is 6.63. The minimum absolute atomic E-state index is 0.0406. The Balaban J connectivity index is 1.88. The molecule has 1 aliphatic carbocycles. The van der Waals surface area contributed by atoms with Gasteiger partial charge in [0.05, 0.1) is 25.6 Å². The van der Waals surface area contributed by atoms with Crippen LogP contribution in [-0.4, -0.2) is 49.4 Å². The summed E-state index contributed by atoms with van der Waals surface area (Å²) in [6.07, 6.45) is 15.4. The first-order valence-corrected chi connectivity index (χ1v) is 16.4. The fourth-order valence-electron chi connectivity index (χ4n) is 2.97. The lowest BCUT2D eigenvalue weighted by atomic mass is 10.0. The summed E-state index contributed by atoms with van der Waals surface area (Å²) in [4.78, 5) is 0. The number of hydrogen-bond donors (Lipinski definition) is 0. The van der Waals surface area contributed by atoms with E-state index in [1.807, 2.05) is 67.5 Å². The molecule has 34 heavy (non-hydrogen) atoms. The SMILES string of the molecule is C=CCSSCCCOC1=CC(/C=C/c2ccc(OC)cc2)=CC(OCCCSSCC=C)C1. The van der Waals surface area contributed by atoms with Crippen LogP contribution in [-0.2, 0) is 9.47 Å². The van der Waals surface area contributed by atoms with Crippen LogP contribution in [0.15, 0.2) is 79.1 Å². The van der Waals surface area contributed by atoms with Gasteiger partial charge < -0.3 is 14.2 Å². The summed E-state index contributed by atoms with van der Waals surface area (Å²) in [7, 11) is 9.12. The van der Waals surface area contributed by atoms with Crippen LogP contribution in [0.3, 0.4) is 0 Å². The number of methoxy groups -OCH3 is 1. The number of hydrogen-bond acceptors (Lipinski definition) is 7. The Kier molecular flexibility index (Phi) is 16.4. The van der Waals surface area contributed by atoms with Crippen molar-refractivity contribution in [1.82, 2.24) is 0 Å². The van der Waals surface area contributed by atoms with E-state index in [1.165, 1.54) is 0 Å². The third-order valence-corrected chi connectivity index (χ3v) is 9.40. The van der Waals surface area contributed by atoms with E-state index in [1.54, 1.807) is 7.11 Å². The summed E-state index contributed by atoms with van der Waals surface area (Å²) >= 11 is 0. The van der Waals surface area contributed by atoms with Gasteiger partial charge in [-0.25, -0.2) is 0 Å². The topological polar surface area (TPSA) is 27.7 Å². The van der Waals surface area contributed by atoms with Gasteiger partial charge in [-0.3, -0.25) is 0 Å². The maximum Gasteiger partial charge on any atom is 0.118 e. The van der Waals surface area contributed by atoms with Gasteiger partial charge in [-0.1, -0.05) is 79.6 Å². The zero-order chi connectivity index (χ0) is 24.3. The highest BCUT2D eigenvalue weighted by molar-refractivity contribution is 8.77. The van der Waals surface area contributed by atoms with Gasteiger partial charge in [0.2, 0.25) is 0 Å². The maximum absolute atomic E-state index is 6.20. The Morgan fingerprint density at radius 3 is 2.24 bits per heavy atom. The average Bonchev–Trinajstić information content (AvgIpc) is 2.86. The van der Waals surface area contributed by atoms with Gasteiger partial charge in [0, 0.05) is 36.0 Å². The molecule has 0 aliphatic heterocycles. The molecule has 0 bridgehead atoms. The lowest BCUT2D eigenvalue weighted by Gasteiger charge is -2.22. The van der Waals surface area contributed by atoms with E-state index in [-0.39, 0.29) is 6.10 Å². The standard InChI is InChI=1S/C27H36O3S4/c1-4-16-31-33-18-6-14-29-26-20-24(9-8-23-10-12-25(28-3)13-11-23)21-27(22-26)30-15-7-19-34-32-17-5-2/h4-5,8-13,20-21,26H,1-2,6-7,14-19,22H2,3H3/b9-8+. The van der Waals surface area contributed by atoms with Crippen molar-refractivity contribution in [2.45, 2.75) is 25.4 Å². The summed E-state index contributed by atoms with van der Waals surface area (Å²) < 4.78 is 17.6. The highest BCUT2D eigenvalue weighted by Crippen LogP contribution is 2.26. The van der Waals surface area contributed by atoms with E-state index in [0.717, 1.165) is 78.1 Å². The first kappa shape index (κ1) is 29.1. The largest absolute Gasteiger partial charge is 0.498 e. The fraction of sp³-hybridized carbons (Fsp3) is 0.407. The predicted octanol–water partition coefficient (Wildman–Crippen LogP) is 8.24. The molecule has 0 saturated heterocycles. The van der Waals surface area contributed by atoms with Gasteiger partial charge in [-0.15, -0.1) is 13.2 Å². The summed E-state index contributed by atoms with van der Waals surface area (Å²) in [6.45, 7) is 8.99. The summed E-state index contributed by atoms with van der Waals surface area (Å²) in [6, 6.07) is 8.06. The smallest absolute Gasteiger partial charge is 0.118 e. The molecule has 1 aromatic rings. The van der Waals surface area contributed by atoms with Crippen LogP contribution in [0.2, 0.25) is 0 Å². The highest BCUT2D eigenvalue weighted by Gasteiger charge is 2.16. The zero-order valence-electron chi connectivity index (χ0n) is 20.0. The first-order valence-electron chi connectivity index (χ1n) is 11.4. The van der Waals surface area contributed by atoms with Gasteiger partial charge in [-0.2, -0.15) is 0 Å². The predicted molar refractivity (Wildman–Crippen MR) is 158 cm³/mol. The molecule has 2 rings (SSSR count). The van der Waals surface area contributed by atoms with Crippen molar-refractivity contribution in [2.75, 3.05) is 43.3 Å². The number of benzene rings is 1. The van der Waals surface area contributed by atoms with Crippen LogP contribution in [0.1, 0.15) is 24.8 Å². The Labute approximate surface area is 221 Å². The Morgan fingerprint density at radius 1 is 0.912 bits per heavy atom. The molecule has 1 atom stereocenters. The molecule has 0 aromatic heterocycles. The van der Waals surface area contributed by atoms with Gasteiger partial charge in [0.15, 0.2) is 0 Å². The molecule has 3 nitrogen and oxygen atoms in total. The van der Waals surface area contributed by atoms with E-state index in [2.05, 4.69) is 49.6 Å². The zero-order valence-corrected chi connectivity index (χ0v) is 23.3. The monoisotopic (exact) mass is 536 g/mol. The lowest BCUT2D eigenvalue weighted by Crippen LogP contribution is -2.17. The van der Waals surface area contributed by atoms with Crippen molar-refractivity contribution in [3.05, 3.63) is 84.7 Å². The van der Waals surface area contributed by atoms with E-state index < -0.39 is 0 Å². The van der Waals surface area contributed by atoms with Crippen LogP contribution >= 0.6 is 43.2 Å². The molecule has 0 amide bonds. The molecular weight excluding hydrogens is 501 g/mol. The third-order valence-electron chi connectivity index (χ3n) is 4.59. The number of ether oxygens (including phenoxy) is 3. The van der Waals surface area contributed by atoms with Crippen molar-refractivity contribution in [3.63, 3.8) is 0 Å². The van der Waals surface area contributed by atoms with Crippen LogP contribution in [0.4, 0.5) is 0 Å². The van der Waals surface area contributed by atoms with Crippen molar-refractivity contribution in [2.24, 2.45) is 0 Å². The van der Waals surface area contributed by atoms with Gasteiger partial charge >= 0.3 is 0 Å². The van der Waals surface area contributed by atoms with Crippen molar-refractivity contribution < 1.29 is 14.2 Å². The third kappa shape index (κ3) is 13.1. The Morgan fingerprint density at radius 2 is 1.59 bits per heavy atom. The molecule has 7 heteroatoms. The molecule has 186 valence electrons. The average molecular weight is 537 g/mol. The van der Waals surface area contributed by atoms with E-state index in [9.17, 15) is 0 Å². The van der Waals surface area contributed by atoms with Crippen LogP contribution in [0.25, 0.3) is 6.08 Å². The number of rotatable bonds is 19. The summed E-state index contributed by atoms with van der Waals surface area (Å²) in [5.41, 5.74) is 2.25. The molecule has 1 unspecified atom stereocenters. The molecule has 0 fully saturated rings. The van der Waals surface area contributed by atoms with Crippen molar-refractivity contribution in [1.29, 1.82) is 0 Å². The van der Waals surface area contributed by atoms with E-state index >= 15 is 0 Å². The van der Waals surface area contributed by atoms with Gasteiger partial charge in [-0.05, 0) is 48.3 Å². The highest BCUT2D eigenvalue weighted by atomic mass is 33.1. The molecular formula is C27H36O3S4. The molecule has 0 heterocycles. The van der Waals surface area contributed by atoms with E-state index in [0.29, 0.717) is 0 Å². The van der Waals surface area contributed by atoms with Crippen LogP contribution in [0, 0.1) is 0 Å². The molecule has 1 aliphatic rings. The second-order valence-corrected chi connectivity index (χ2v) is 12.6. The van der Waals surface area contributed by atoms with Crippen molar-refractivity contribution >= 4 is 49.3 Å². The summed E-state index contributed by atoms with van der Waals surface area (Å²) in [5.74, 6) is 5.99. The lowest BCUT2D eigenvalue weighted by molar-refractivity contribution is 0.0689. The molecule has 1 aromatic carbocycles. The van der Waals surface area contributed by atoms with Crippen molar-refractivity contribution in [3.8, 4) is 5.75 Å². The molecule has 0 N–H and O–H groups in total.